The summed E-state index contributed by atoms with van der Waals surface area (Å²) in [6.45, 7) is 9.41. The second-order valence-corrected chi connectivity index (χ2v) is 10.3. The average molecular weight is 485 g/mol. The first-order chi connectivity index (χ1) is 15.2. The summed E-state index contributed by atoms with van der Waals surface area (Å²) in [5.41, 5.74) is -0.930. The number of benzene rings is 1. The standard InChI is InChI=1S/C22H27F3N4O3S/c1-13-12-28(16-8-6-15(7-9-16)22(23,24)25)19(33-13)26-18(30)27-11-10-17(14(27)2)29(20(31)32)21(3,4)5/h6-9,12,14,17H,10-11H2,1-5H3,(H,31,32)/t14-,17+/m1/s1. The van der Waals surface area contributed by atoms with Gasteiger partial charge in [0.05, 0.1) is 17.6 Å². The van der Waals surface area contributed by atoms with Gasteiger partial charge in [-0.05, 0) is 65.3 Å². The van der Waals surface area contributed by atoms with Crippen molar-refractivity contribution >= 4 is 23.5 Å². The highest BCUT2D eigenvalue weighted by Crippen LogP contribution is 2.30. The molecule has 1 aliphatic heterocycles. The lowest BCUT2D eigenvalue weighted by Crippen LogP contribution is -2.55. The van der Waals surface area contributed by atoms with E-state index in [0.717, 1.165) is 17.0 Å². The summed E-state index contributed by atoms with van der Waals surface area (Å²) in [4.78, 5) is 33.2. The Balaban J connectivity index is 1.89. The Hall–Kier alpha value is -2.82. The quantitative estimate of drug-likeness (QED) is 0.642. The molecular formula is C22H27F3N4O3S. The van der Waals surface area contributed by atoms with Crippen molar-refractivity contribution in [1.29, 1.82) is 0 Å². The van der Waals surface area contributed by atoms with Gasteiger partial charge in [-0.3, -0.25) is 9.47 Å². The Morgan fingerprint density at radius 3 is 2.30 bits per heavy atom. The smallest absolute Gasteiger partial charge is 0.416 e. The monoisotopic (exact) mass is 484 g/mol. The van der Waals surface area contributed by atoms with Crippen LogP contribution in [-0.4, -0.2) is 55.8 Å². The SMILES string of the molecule is Cc1cn(-c2ccc(C(F)(F)F)cc2)c(=NC(=O)N2CC[C@H](N(C(=O)O)C(C)(C)C)[C@H]2C)s1. The van der Waals surface area contributed by atoms with Crippen molar-refractivity contribution in [2.75, 3.05) is 6.54 Å². The van der Waals surface area contributed by atoms with E-state index in [4.69, 9.17) is 0 Å². The first kappa shape index (κ1) is 24.8. The Morgan fingerprint density at radius 2 is 1.79 bits per heavy atom. The molecule has 2 atom stereocenters. The lowest BCUT2D eigenvalue weighted by atomic mass is 10.00. The number of carboxylic acid groups (broad SMARTS) is 1. The third kappa shape index (κ3) is 5.23. The minimum absolute atomic E-state index is 0.332. The lowest BCUT2D eigenvalue weighted by Gasteiger charge is -2.40. The predicted molar refractivity (Wildman–Crippen MR) is 119 cm³/mol. The molecule has 0 unspecified atom stereocenters. The van der Waals surface area contributed by atoms with Crippen molar-refractivity contribution in [3.8, 4) is 5.69 Å². The molecule has 180 valence electrons. The maximum Gasteiger partial charge on any atom is 0.416 e. The molecule has 0 saturated carbocycles. The van der Waals surface area contributed by atoms with Gasteiger partial charge in [0.25, 0.3) is 0 Å². The second kappa shape index (κ2) is 8.85. The van der Waals surface area contributed by atoms with E-state index in [1.807, 2.05) is 27.7 Å². The number of aryl methyl sites for hydroxylation is 1. The summed E-state index contributed by atoms with van der Waals surface area (Å²) >= 11 is 1.25. The van der Waals surface area contributed by atoms with Crippen LogP contribution in [0, 0.1) is 6.92 Å². The number of hydrogen-bond acceptors (Lipinski definition) is 3. The third-order valence-electron chi connectivity index (χ3n) is 5.65. The minimum Gasteiger partial charge on any atom is -0.465 e. The fraction of sp³-hybridized carbons (Fsp3) is 0.500. The molecule has 33 heavy (non-hydrogen) atoms. The van der Waals surface area contributed by atoms with E-state index < -0.39 is 29.4 Å². The van der Waals surface area contributed by atoms with E-state index in [2.05, 4.69) is 4.99 Å². The van der Waals surface area contributed by atoms with Crippen LogP contribution < -0.4 is 4.80 Å². The highest BCUT2D eigenvalue weighted by molar-refractivity contribution is 7.09. The molecule has 3 rings (SSSR count). The van der Waals surface area contributed by atoms with E-state index in [9.17, 15) is 27.9 Å². The van der Waals surface area contributed by atoms with Gasteiger partial charge in [-0.2, -0.15) is 18.2 Å². The van der Waals surface area contributed by atoms with Crippen LogP contribution in [0.15, 0.2) is 35.5 Å². The minimum atomic E-state index is -4.43. The Kier molecular flexibility index (Phi) is 6.65. The van der Waals surface area contributed by atoms with E-state index in [1.165, 1.54) is 28.4 Å². The van der Waals surface area contributed by atoms with E-state index in [-0.39, 0.29) is 12.1 Å². The topological polar surface area (TPSA) is 78.1 Å². The number of nitrogens with zero attached hydrogens (tertiary/aromatic N) is 4. The van der Waals surface area contributed by atoms with Crippen LogP contribution in [0.3, 0.4) is 0 Å². The maximum atomic E-state index is 13.0. The summed E-state index contributed by atoms with van der Waals surface area (Å²) in [5, 5.41) is 9.71. The normalized spacial score (nSPS) is 19.8. The number of thiazole rings is 1. The zero-order valence-corrected chi connectivity index (χ0v) is 19.9. The van der Waals surface area contributed by atoms with Gasteiger partial charge >= 0.3 is 18.3 Å². The Morgan fingerprint density at radius 1 is 1.18 bits per heavy atom. The van der Waals surface area contributed by atoms with Crippen molar-refractivity contribution in [2.24, 2.45) is 4.99 Å². The highest BCUT2D eigenvalue weighted by atomic mass is 32.1. The van der Waals surface area contributed by atoms with Crippen LogP contribution >= 0.6 is 11.3 Å². The zero-order chi connectivity index (χ0) is 24.7. The van der Waals surface area contributed by atoms with Crippen LogP contribution in [0.25, 0.3) is 5.69 Å². The number of aromatic nitrogens is 1. The van der Waals surface area contributed by atoms with Gasteiger partial charge in [0.1, 0.15) is 0 Å². The molecule has 2 aromatic rings. The molecule has 0 radical (unpaired) electrons. The fourth-order valence-corrected chi connectivity index (χ4v) is 4.97. The van der Waals surface area contributed by atoms with Crippen molar-refractivity contribution < 1.29 is 27.9 Å². The molecule has 1 saturated heterocycles. The number of hydrogen-bond donors (Lipinski definition) is 1. The van der Waals surface area contributed by atoms with Crippen molar-refractivity contribution in [1.82, 2.24) is 14.4 Å². The van der Waals surface area contributed by atoms with Crippen molar-refractivity contribution in [2.45, 2.75) is 64.8 Å². The highest BCUT2D eigenvalue weighted by Gasteiger charge is 2.43. The molecule has 0 spiro atoms. The maximum absolute atomic E-state index is 13.0. The van der Waals surface area contributed by atoms with Gasteiger partial charge in [0.15, 0.2) is 4.80 Å². The van der Waals surface area contributed by atoms with Crippen molar-refractivity contribution in [3.63, 3.8) is 0 Å². The summed E-state index contributed by atoms with van der Waals surface area (Å²) in [7, 11) is 0. The molecule has 1 fully saturated rings. The Labute approximate surface area is 193 Å². The lowest BCUT2D eigenvalue weighted by molar-refractivity contribution is -0.137. The first-order valence-electron chi connectivity index (χ1n) is 10.4. The van der Waals surface area contributed by atoms with Crippen molar-refractivity contribution in [3.05, 3.63) is 45.7 Å². The molecule has 2 heterocycles. The van der Waals surface area contributed by atoms with E-state index >= 15 is 0 Å². The molecule has 1 aromatic carbocycles. The molecule has 1 aliphatic rings. The molecule has 7 nitrogen and oxygen atoms in total. The number of rotatable bonds is 2. The van der Waals surface area contributed by atoms with Crippen LogP contribution in [0.4, 0.5) is 22.8 Å². The second-order valence-electron chi connectivity index (χ2n) is 9.05. The van der Waals surface area contributed by atoms with E-state index in [1.54, 1.807) is 22.6 Å². The summed E-state index contributed by atoms with van der Waals surface area (Å²) in [6, 6.07) is 3.39. The predicted octanol–water partition coefficient (Wildman–Crippen LogP) is 5.13. The third-order valence-corrected chi connectivity index (χ3v) is 6.55. The molecule has 0 aliphatic carbocycles. The summed E-state index contributed by atoms with van der Waals surface area (Å²) in [5.74, 6) is 0. The number of carbonyl (C=O) groups excluding carboxylic acids is 1. The zero-order valence-electron chi connectivity index (χ0n) is 19.1. The van der Waals surface area contributed by atoms with Crippen LogP contribution in [0.1, 0.15) is 44.6 Å². The number of urea groups is 1. The molecule has 1 aromatic heterocycles. The fourth-order valence-electron chi connectivity index (χ4n) is 4.14. The number of carbonyl (C=O) groups is 2. The van der Waals surface area contributed by atoms with Gasteiger partial charge in [0, 0.05) is 28.8 Å². The van der Waals surface area contributed by atoms with Gasteiger partial charge in [-0.25, -0.2) is 9.59 Å². The number of amides is 3. The van der Waals surface area contributed by atoms with Crippen LogP contribution in [-0.2, 0) is 6.18 Å². The molecule has 0 bridgehead atoms. The summed E-state index contributed by atoms with van der Waals surface area (Å²) in [6.07, 6.45) is -3.27. The Bertz CT molecular complexity index is 1100. The number of halogens is 3. The molecule has 1 N–H and O–H groups in total. The van der Waals surface area contributed by atoms with Gasteiger partial charge < -0.3 is 10.0 Å². The van der Waals surface area contributed by atoms with Gasteiger partial charge in [-0.1, -0.05) is 0 Å². The first-order valence-corrected chi connectivity index (χ1v) is 11.3. The average Bonchev–Trinajstić information content (AvgIpc) is 3.22. The van der Waals surface area contributed by atoms with Crippen LogP contribution in [0.5, 0.6) is 0 Å². The van der Waals surface area contributed by atoms with Gasteiger partial charge in [0.2, 0.25) is 0 Å². The number of alkyl halides is 3. The summed E-state index contributed by atoms with van der Waals surface area (Å²) < 4.78 is 40.2. The molecule has 3 amide bonds. The largest absolute Gasteiger partial charge is 0.465 e. The van der Waals surface area contributed by atoms with Crippen LogP contribution in [0.2, 0.25) is 0 Å². The van der Waals surface area contributed by atoms with E-state index in [0.29, 0.717) is 23.5 Å². The number of likely N-dealkylation sites (tertiary alicyclic amines) is 1. The molecular weight excluding hydrogens is 457 g/mol. The van der Waals surface area contributed by atoms with Gasteiger partial charge in [-0.15, -0.1) is 11.3 Å². The molecule has 11 heteroatoms.